The average molecular weight is 497 g/mol. The van der Waals surface area contributed by atoms with E-state index in [0.717, 1.165) is 17.1 Å². The molecule has 0 aromatic heterocycles. The predicted molar refractivity (Wildman–Crippen MR) is 118 cm³/mol. The van der Waals surface area contributed by atoms with Gasteiger partial charge >= 0.3 is 15.6 Å². The van der Waals surface area contributed by atoms with Crippen molar-refractivity contribution in [2.75, 3.05) is 7.05 Å². The zero-order valence-electron chi connectivity index (χ0n) is 17.0. The Balaban J connectivity index is 1.97. The molecule has 0 N–H and O–H groups in total. The van der Waals surface area contributed by atoms with E-state index in [1.807, 2.05) is 0 Å². The van der Waals surface area contributed by atoms with Crippen LogP contribution in [-0.4, -0.2) is 37.6 Å². The lowest BCUT2D eigenvalue weighted by Crippen LogP contribution is -2.28. The van der Waals surface area contributed by atoms with Gasteiger partial charge in [-0.1, -0.05) is 41.9 Å². The quantitative estimate of drug-likeness (QED) is 0.206. The molecule has 0 heterocycles. The van der Waals surface area contributed by atoms with E-state index in [-0.39, 0.29) is 0 Å². The molecule has 3 rings (SSSR count). The summed E-state index contributed by atoms with van der Waals surface area (Å²) < 4.78 is 64.2. The summed E-state index contributed by atoms with van der Waals surface area (Å²) in [6.45, 7) is 0. The number of nitrogens with zero attached hydrogens (tertiary/aromatic N) is 2. The van der Waals surface area contributed by atoms with Gasteiger partial charge in [0.25, 0.3) is 5.91 Å². The van der Waals surface area contributed by atoms with E-state index in [4.69, 9.17) is 11.6 Å². The van der Waals surface area contributed by atoms with E-state index in [9.17, 15) is 26.4 Å². The van der Waals surface area contributed by atoms with Gasteiger partial charge in [0.15, 0.2) is 0 Å². The zero-order valence-corrected chi connectivity index (χ0v) is 18.5. The number of alkyl halides is 3. The van der Waals surface area contributed by atoms with Gasteiger partial charge in [-0.25, -0.2) is 5.01 Å². The maximum Gasteiger partial charge on any atom is 0.534 e. The van der Waals surface area contributed by atoms with Crippen molar-refractivity contribution in [1.82, 2.24) is 5.01 Å². The number of carbonyl (C=O) groups is 1. The Morgan fingerprint density at radius 1 is 0.879 bits per heavy atom. The van der Waals surface area contributed by atoms with Crippen molar-refractivity contribution < 1.29 is 30.6 Å². The summed E-state index contributed by atoms with van der Waals surface area (Å²) in [7, 11) is -4.34. The maximum absolute atomic E-state index is 12.7. The van der Waals surface area contributed by atoms with Gasteiger partial charge in [-0.15, -0.1) is 0 Å². The molecule has 0 spiro atoms. The number of hydrazone groups is 1. The number of halogens is 4. The number of amides is 1. The van der Waals surface area contributed by atoms with E-state index in [0.29, 0.717) is 27.4 Å². The van der Waals surface area contributed by atoms with Gasteiger partial charge in [0.2, 0.25) is 0 Å². The van der Waals surface area contributed by atoms with Crippen LogP contribution in [0.3, 0.4) is 0 Å². The Bertz CT molecular complexity index is 1260. The minimum atomic E-state index is -5.80. The first-order chi connectivity index (χ1) is 15.5. The molecular formula is C22H16ClF3N2O4S. The third-order valence-electron chi connectivity index (χ3n) is 4.30. The fourth-order valence-corrected chi connectivity index (χ4v) is 3.28. The van der Waals surface area contributed by atoms with E-state index in [1.165, 1.54) is 19.2 Å². The van der Waals surface area contributed by atoms with Crippen molar-refractivity contribution in [3.05, 3.63) is 101 Å². The molecule has 0 saturated heterocycles. The SMILES string of the molecule is CN(/N=C(\c1ccc(Cl)cc1)c1ccc(OS(=O)(=O)C(F)(F)F)cc1)C(=O)c1ccccc1. The van der Waals surface area contributed by atoms with Crippen LogP contribution < -0.4 is 4.18 Å². The largest absolute Gasteiger partial charge is 0.534 e. The van der Waals surface area contributed by atoms with Crippen LogP contribution in [0.2, 0.25) is 5.02 Å². The number of benzene rings is 3. The van der Waals surface area contributed by atoms with Crippen molar-refractivity contribution in [2.45, 2.75) is 5.51 Å². The maximum atomic E-state index is 12.7. The molecule has 0 radical (unpaired) electrons. The topological polar surface area (TPSA) is 76.0 Å². The Morgan fingerprint density at radius 3 is 1.91 bits per heavy atom. The summed E-state index contributed by atoms with van der Waals surface area (Å²) in [4.78, 5) is 12.7. The van der Waals surface area contributed by atoms with Gasteiger partial charge in [0, 0.05) is 28.8 Å². The van der Waals surface area contributed by atoms with Crippen LogP contribution in [0, 0.1) is 0 Å². The Kier molecular flexibility index (Phi) is 7.09. The van der Waals surface area contributed by atoms with Gasteiger partial charge < -0.3 is 4.18 Å². The summed E-state index contributed by atoms with van der Waals surface area (Å²) in [5.74, 6) is -0.918. The van der Waals surface area contributed by atoms with Crippen molar-refractivity contribution in [3.8, 4) is 5.75 Å². The highest BCUT2D eigenvalue weighted by Gasteiger charge is 2.48. The molecule has 0 fully saturated rings. The lowest BCUT2D eigenvalue weighted by molar-refractivity contribution is -0.0500. The molecule has 172 valence electrons. The number of hydrogen-bond acceptors (Lipinski definition) is 5. The average Bonchev–Trinajstić information content (AvgIpc) is 2.78. The molecule has 3 aromatic carbocycles. The third kappa shape index (κ3) is 5.91. The lowest BCUT2D eigenvalue weighted by atomic mass is 10.0. The highest BCUT2D eigenvalue weighted by atomic mass is 35.5. The summed E-state index contributed by atoms with van der Waals surface area (Å²) in [5, 5.41) is 5.97. The monoisotopic (exact) mass is 496 g/mol. The number of carbonyl (C=O) groups excluding carboxylic acids is 1. The molecule has 33 heavy (non-hydrogen) atoms. The van der Waals surface area contributed by atoms with Gasteiger partial charge in [-0.05, 0) is 48.5 Å². The van der Waals surface area contributed by atoms with E-state index >= 15 is 0 Å². The molecule has 0 aliphatic carbocycles. The molecule has 0 atom stereocenters. The molecule has 3 aromatic rings. The second-order valence-corrected chi connectivity index (χ2v) is 8.63. The molecule has 0 saturated carbocycles. The van der Waals surface area contributed by atoms with Crippen LogP contribution in [0.15, 0.2) is 84.0 Å². The van der Waals surface area contributed by atoms with E-state index < -0.39 is 27.3 Å². The van der Waals surface area contributed by atoms with Gasteiger partial charge in [0.05, 0.1) is 5.71 Å². The second kappa shape index (κ2) is 9.63. The predicted octanol–water partition coefficient (Wildman–Crippen LogP) is 5.09. The molecule has 0 bridgehead atoms. The van der Waals surface area contributed by atoms with Crippen LogP contribution in [0.5, 0.6) is 5.75 Å². The van der Waals surface area contributed by atoms with Crippen LogP contribution in [-0.2, 0) is 10.1 Å². The summed E-state index contributed by atoms with van der Waals surface area (Å²) in [6.07, 6.45) is 0. The summed E-state index contributed by atoms with van der Waals surface area (Å²) in [6, 6.07) is 19.7. The molecule has 1 amide bonds. The molecule has 0 aliphatic rings. The Labute approximate surface area is 193 Å². The third-order valence-corrected chi connectivity index (χ3v) is 5.53. The zero-order chi connectivity index (χ0) is 24.2. The first-order valence-electron chi connectivity index (χ1n) is 9.27. The first kappa shape index (κ1) is 24.3. The van der Waals surface area contributed by atoms with Crippen molar-refractivity contribution in [3.63, 3.8) is 0 Å². The van der Waals surface area contributed by atoms with Gasteiger partial charge in [0.1, 0.15) is 5.75 Å². The first-order valence-corrected chi connectivity index (χ1v) is 11.1. The summed E-state index contributed by atoms with van der Waals surface area (Å²) >= 11 is 5.95. The molecule has 0 unspecified atom stereocenters. The lowest BCUT2D eigenvalue weighted by Gasteiger charge is -2.16. The Morgan fingerprint density at radius 2 is 1.39 bits per heavy atom. The minimum absolute atomic E-state index is 0.295. The summed E-state index contributed by atoms with van der Waals surface area (Å²) in [5.41, 5.74) is -3.91. The number of hydrogen-bond donors (Lipinski definition) is 0. The van der Waals surface area contributed by atoms with Crippen molar-refractivity contribution in [2.24, 2.45) is 5.10 Å². The fraction of sp³-hybridized carbons (Fsp3) is 0.0909. The smallest absolute Gasteiger partial charge is 0.376 e. The number of rotatable bonds is 6. The van der Waals surface area contributed by atoms with Crippen molar-refractivity contribution >= 4 is 33.3 Å². The molecule has 6 nitrogen and oxygen atoms in total. The molecule has 11 heteroatoms. The van der Waals surface area contributed by atoms with E-state index in [2.05, 4.69) is 9.28 Å². The Hall–Kier alpha value is -3.37. The van der Waals surface area contributed by atoms with Gasteiger partial charge in [-0.2, -0.15) is 26.7 Å². The second-order valence-electron chi connectivity index (χ2n) is 6.66. The van der Waals surface area contributed by atoms with Crippen LogP contribution >= 0.6 is 11.6 Å². The van der Waals surface area contributed by atoms with Crippen molar-refractivity contribution in [1.29, 1.82) is 0 Å². The molecular weight excluding hydrogens is 481 g/mol. The van der Waals surface area contributed by atoms with Crippen LogP contribution in [0.4, 0.5) is 13.2 Å². The normalized spacial score (nSPS) is 12.3. The standard InChI is InChI=1S/C22H16ClF3N2O4S/c1-28(21(29)17-5-3-2-4-6-17)27-20(15-7-11-18(23)12-8-15)16-9-13-19(14-10-16)32-33(30,31)22(24,25)26/h2-14H,1H3/b27-20+. The van der Waals surface area contributed by atoms with E-state index in [1.54, 1.807) is 54.6 Å². The van der Waals surface area contributed by atoms with Crippen LogP contribution in [0.25, 0.3) is 0 Å². The highest BCUT2D eigenvalue weighted by Crippen LogP contribution is 2.27. The highest BCUT2D eigenvalue weighted by molar-refractivity contribution is 7.88. The fourth-order valence-electron chi connectivity index (χ4n) is 2.70. The van der Waals surface area contributed by atoms with Crippen LogP contribution in [0.1, 0.15) is 21.5 Å². The molecule has 0 aliphatic heterocycles. The minimum Gasteiger partial charge on any atom is -0.376 e. The van der Waals surface area contributed by atoms with Gasteiger partial charge in [-0.3, -0.25) is 4.79 Å².